The van der Waals surface area contributed by atoms with Gasteiger partial charge in [-0.2, -0.15) is 10.4 Å². The quantitative estimate of drug-likeness (QED) is 0.814. The summed E-state index contributed by atoms with van der Waals surface area (Å²) < 4.78 is 33.6. The number of ether oxygens (including phenoxy) is 1. The lowest BCUT2D eigenvalue weighted by Crippen LogP contribution is -2.15. The Morgan fingerprint density at radius 2 is 2.09 bits per heavy atom. The molecule has 1 aromatic carbocycles. The van der Waals surface area contributed by atoms with Gasteiger partial charge in [-0.1, -0.05) is 6.07 Å². The predicted molar refractivity (Wildman–Crippen MR) is 73.3 cm³/mol. The minimum atomic E-state index is -0.788. The topological polar surface area (TPSA) is 67.9 Å². The van der Waals surface area contributed by atoms with Gasteiger partial charge >= 0.3 is 5.97 Å². The van der Waals surface area contributed by atoms with Gasteiger partial charge in [0.15, 0.2) is 17.3 Å². The smallest absolute Gasteiger partial charge is 0.359 e. The van der Waals surface area contributed by atoms with Crippen molar-refractivity contribution in [1.82, 2.24) is 9.78 Å². The summed E-state index contributed by atoms with van der Waals surface area (Å²) in [5.74, 6) is -2.32. The minimum Gasteiger partial charge on any atom is -0.457 e. The second-order valence-corrected chi connectivity index (χ2v) is 4.73. The van der Waals surface area contributed by atoms with E-state index >= 15 is 0 Å². The summed E-state index contributed by atoms with van der Waals surface area (Å²) in [6.07, 6.45) is -0.541. The predicted octanol–water partition coefficient (Wildman–Crippen LogP) is 2.92. The van der Waals surface area contributed by atoms with Crippen molar-refractivity contribution in [3.8, 4) is 11.8 Å². The summed E-state index contributed by atoms with van der Waals surface area (Å²) in [4.78, 5) is 11.9. The third kappa shape index (κ3) is 3.11. The summed E-state index contributed by atoms with van der Waals surface area (Å²) in [6.45, 7) is 3.13. The number of hydrogen-bond donors (Lipinski definition) is 0. The molecule has 0 saturated carbocycles. The number of rotatable bonds is 4. The van der Waals surface area contributed by atoms with Crippen LogP contribution in [0.5, 0.6) is 0 Å². The van der Waals surface area contributed by atoms with Crippen LogP contribution < -0.4 is 0 Å². The number of aryl methyl sites for hydroxylation is 1. The summed E-state index contributed by atoms with van der Waals surface area (Å²) in [6, 6.07) is 6.70. The highest BCUT2D eigenvalue weighted by molar-refractivity contribution is 5.87. The SMILES string of the molecule is Cc1cc(C(=O)O[C@@H](C)CC#N)nn1-c1c(F)cccc1F. The molecule has 7 heteroatoms. The van der Waals surface area contributed by atoms with Crippen LogP contribution in [-0.4, -0.2) is 21.9 Å². The molecule has 2 aromatic rings. The summed E-state index contributed by atoms with van der Waals surface area (Å²) >= 11 is 0. The molecule has 0 aliphatic heterocycles. The van der Waals surface area contributed by atoms with E-state index in [1.165, 1.54) is 12.1 Å². The Bertz CT molecular complexity index is 729. The molecule has 0 N–H and O–H groups in total. The summed E-state index contributed by atoms with van der Waals surface area (Å²) in [7, 11) is 0. The molecule has 0 unspecified atom stereocenters. The maximum atomic E-state index is 13.8. The molecule has 0 bridgehead atoms. The Hall–Kier alpha value is -2.75. The average Bonchev–Trinajstić information content (AvgIpc) is 2.81. The van der Waals surface area contributed by atoms with Gasteiger partial charge in [0, 0.05) is 5.69 Å². The molecule has 0 saturated heterocycles. The van der Waals surface area contributed by atoms with Crippen LogP contribution >= 0.6 is 0 Å². The van der Waals surface area contributed by atoms with E-state index in [0.717, 1.165) is 16.8 Å². The van der Waals surface area contributed by atoms with Crippen molar-refractivity contribution in [2.45, 2.75) is 26.4 Å². The van der Waals surface area contributed by atoms with Crippen molar-refractivity contribution in [2.75, 3.05) is 0 Å². The van der Waals surface area contributed by atoms with Crippen molar-refractivity contribution in [2.24, 2.45) is 0 Å². The average molecular weight is 305 g/mol. The zero-order valence-electron chi connectivity index (χ0n) is 12.0. The first-order chi connectivity index (χ1) is 10.4. The number of esters is 1. The molecule has 22 heavy (non-hydrogen) atoms. The highest BCUT2D eigenvalue weighted by Gasteiger charge is 2.20. The third-order valence-corrected chi connectivity index (χ3v) is 2.93. The molecule has 114 valence electrons. The lowest BCUT2D eigenvalue weighted by molar-refractivity contribution is 0.0343. The van der Waals surface area contributed by atoms with E-state index in [2.05, 4.69) is 5.10 Å². The van der Waals surface area contributed by atoms with E-state index < -0.39 is 23.7 Å². The molecule has 1 atom stereocenters. The number of nitrogens with zero attached hydrogens (tertiary/aromatic N) is 3. The molecule has 0 aliphatic rings. The molecule has 0 radical (unpaired) electrons. The van der Waals surface area contributed by atoms with Crippen molar-refractivity contribution in [1.29, 1.82) is 5.26 Å². The number of carbonyl (C=O) groups is 1. The van der Waals surface area contributed by atoms with Gasteiger partial charge < -0.3 is 4.74 Å². The molecule has 2 rings (SSSR count). The van der Waals surface area contributed by atoms with E-state index in [4.69, 9.17) is 10.00 Å². The number of carbonyl (C=O) groups excluding carboxylic acids is 1. The minimum absolute atomic E-state index is 0.0490. The van der Waals surface area contributed by atoms with E-state index in [1.54, 1.807) is 13.8 Å². The van der Waals surface area contributed by atoms with Crippen LogP contribution in [0.4, 0.5) is 8.78 Å². The number of aromatic nitrogens is 2. The number of hydrogen-bond acceptors (Lipinski definition) is 4. The van der Waals surface area contributed by atoms with Crippen LogP contribution in [0.2, 0.25) is 0 Å². The number of para-hydroxylation sites is 1. The van der Waals surface area contributed by atoms with Crippen LogP contribution in [0, 0.1) is 29.9 Å². The maximum Gasteiger partial charge on any atom is 0.359 e. The van der Waals surface area contributed by atoms with E-state index in [-0.39, 0.29) is 17.8 Å². The van der Waals surface area contributed by atoms with Gasteiger partial charge in [0.1, 0.15) is 11.8 Å². The van der Waals surface area contributed by atoms with Crippen LogP contribution in [-0.2, 0) is 4.74 Å². The molecule has 0 aliphatic carbocycles. The van der Waals surface area contributed by atoms with Gasteiger partial charge in [0.05, 0.1) is 12.5 Å². The highest BCUT2D eigenvalue weighted by Crippen LogP contribution is 2.19. The fraction of sp³-hybridized carbons (Fsp3) is 0.267. The normalized spacial score (nSPS) is 11.8. The Kier molecular flexibility index (Phi) is 4.51. The summed E-state index contributed by atoms with van der Waals surface area (Å²) in [5, 5.41) is 12.4. The second-order valence-electron chi connectivity index (χ2n) is 4.73. The maximum absolute atomic E-state index is 13.8. The summed E-state index contributed by atoms with van der Waals surface area (Å²) in [5.41, 5.74) is -0.0575. The van der Waals surface area contributed by atoms with Crippen LogP contribution in [0.3, 0.4) is 0 Å². The van der Waals surface area contributed by atoms with Gasteiger partial charge in [0.25, 0.3) is 0 Å². The van der Waals surface area contributed by atoms with Gasteiger partial charge in [-0.15, -0.1) is 0 Å². The van der Waals surface area contributed by atoms with Gasteiger partial charge in [-0.05, 0) is 32.0 Å². The van der Waals surface area contributed by atoms with Crippen LogP contribution in [0.15, 0.2) is 24.3 Å². The molecular formula is C15H13F2N3O2. The monoisotopic (exact) mass is 305 g/mol. The second kappa shape index (κ2) is 6.35. The van der Waals surface area contributed by atoms with Crippen LogP contribution in [0.25, 0.3) is 5.69 Å². The standard InChI is InChI=1S/C15H13F2N3O2/c1-9-8-13(15(21)22-10(2)6-7-18)19-20(9)14-11(16)4-3-5-12(14)17/h3-5,8,10H,6H2,1-2H3/t10-/m0/s1. The highest BCUT2D eigenvalue weighted by atomic mass is 19.1. The van der Waals surface area contributed by atoms with Crippen LogP contribution in [0.1, 0.15) is 29.5 Å². The van der Waals surface area contributed by atoms with Gasteiger partial charge in [-0.25, -0.2) is 18.3 Å². The number of nitriles is 1. The van der Waals surface area contributed by atoms with E-state index in [0.29, 0.717) is 5.69 Å². The van der Waals surface area contributed by atoms with E-state index in [1.807, 2.05) is 6.07 Å². The zero-order valence-corrected chi connectivity index (χ0v) is 12.0. The molecule has 1 heterocycles. The van der Waals surface area contributed by atoms with Gasteiger partial charge in [0.2, 0.25) is 0 Å². The first-order valence-electron chi connectivity index (χ1n) is 6.53. The van der Waals surface area contributed by atoms with E-state index in [9.17, 15) is 13.6 Å². The van der Waals surface area contributed by atoms with Crippen molar-refractivity contribution in [3.63, 3.8) is 0 Å². The lowest BCUT2D eigenvalue weighted by atomic mass is 10.3. The first kappa shape index (κ1) is 15.6. The lowest BCUT2D eigenvalue weighted by Gasteiger charge is -2.08. The zero-order chi connectivity index (χ0) is 16.3. The number of benzene rings is 1. The molecule has 1 aromatic heterocycles. The fourth-order valence-corrected chi connectivity index (χ4v) is 1.91. The van der Waals surface area contributed by atoms with Crippen molar-refractivity contribution < 1.29 is 18.3 Å². The Morgan fingerprint density at radius 1 is 1.45 bits per heavy atom. The molecular weight excluding hydrogens is 292 g/mol. The van der Waals surface area contributed by atoms with Crippen molar-refractivity contribution in [3.05, 3.63) is 47.3 Å². The Balaban J connectivity index is 2.33. The van der Waals surface area contributed by atoms with Crippen molar-refractivity contribution >= 4 is 5.97 Å². The fourth-order valence-electron chi connectivity index (χ4n) is 1.91. The molecule has 0 spiro atoms. The van der Waals surface area contributed by atoms with Gasteiger partial charge in [-0.3, -0.25) is 0 Å². The molecule has 0 amide bonds. The Labute approximate surface area is 125 Å². The largest absolute Gasteiger partial charge is 0.457 e. The third-order valence-electron chi connectivity index (χ3n) is 2.93. The molecule has 5 nitrogen and oxygen atoms in total. The molecule has 0 fully saturated rings. The number of halogens is 2. The Morgan fingerprint density at radius 3 is 2.68 bits per heavy atom. The first-order valence-corrected chi connectivity index (χ1v) is 6.53.